The average molecular weight is 707 g/mol. The van der Waals surface area contributed by atoms with E-state index in [9.17, 15) is 0 Å². The van der Waals surface area contributed by atoms with Crippen LogP contribution in [0.1, 0.15) is 116 Å². The molecule has 1 atom stereocenters. The van der Waals surface area contributed by atoms with Crippen molar-refractivity contribution in [1.82, 2.24) is 0 Å². The van der Waals surface area contributed by atoms with Crippen molar-refractivity contribution in [2.75, 3.05) is 0 Å². The Labute approximate surface area is 297 Å². The first-order valence-electron chi connectivity index (χ1n) is 15.4. The van der Waals surface area contributed by atoms with E-state index in [1.54, 1.807) is 0 Å². The predicted molar refractivity (Wildman–Crippen MR) is 181 cm³/mol. The van der Waals surface area contributed by atoms with Gasteiger partial charge in [-0.25, -0.2) is 5.57 Å². The summed E-state index contributed by atoms with van der Waals surface area (Å²) in [5, 5.41) is 0. The molecule has 0 N–H and O–H groups in total. The third-order valence-electron chi connectivity index (χ3n) is 8.08. The molecule has 3 aromatic rings. The molecule has 0 bridgehead atoms. The first kappa shape index (κ1) is 40.5. The third-order valence-corrected chi connectivity index (χ3v) is 8.79. The molecule has 0 heterocycles. The van der Waals surface area contributed by atoms with E-state index >= 15 is 0 Å². The van der Waals surface area contributed by atoms with E-state index in [-0.39, 0.29) is 35.6 Å². The van der Waals surface area contributed by atoms with Crippen molar-refractivity contribution < 1.29 is 49.0 Å². The summed E-state index contributed by atoms with van der Waals surface area (Å²) < 4.78 is 1.46. The average Bonchev–Trinajstić information content (AvgIpc) is 3.42. The Hall–Kier alpha value is -1.53. The Morgan fingerprint density at radius 1 is 0.750 bits per heavy atom. The maximum atomic E-state index is 3.53. The van der Waals surface area contributed by atoms with Gasteiger partial charge in [-0.1, -0.05) is 122 Å². The number of allylic oxidation sites excluding steroid dienone is 4. The van der Waals surface area contributed by atoms with Gasteiger partial charge >= 0.3 is 76.7 Å². The van der Waals surface area contributed by atoms with Crippen LogP contribution in [-0.2, 0) is 41.5 Å². The zero-order valence-corrected chi connectivity index (χ0v) is 33.3. The molecule has 5 rings (SSSR count). The second-order valence-electron chi connectivity index (χ2n) is 15.2. The van der Waals surface area contributed by atoms with Crippen LogP contribution in [0.4, 0.5) is 0 Å². The minimum Gasteiger partial charge on any atom is -1.00 e. The summed E-state index contributed by atoms with van der Waals surface area (Å²) in [7, 11) is 0. The Bertz CT molecular complexity index is 1420. The predicted octanol–water partition coefficient (Wildman–Crippen LogP) is 5.10. The van der Waals surface area contributed by atoms with Gasteiger partial charge < -0.3 is 24.8 Å². The molecule has 236 valence electrons. The van der Waals surface area contributed by atoms with Crippen LogP contribution in [0, 0.1) is 30.4 Å². The molecule has 0 fully saturated rings. The van der Waals surface area contributed by atoms with Gasteiger partial charge in [-0.2, -0.15) is 41.0 Å². The van der Waals surface area contributed by atoms with Crippen molar-refractivity contribution in [3.05, 3.63) is 117 Å². The van der Waals surface area contributed by atoms with Crippen molar-refractivity contribution in [2.24, 2.45) is 11.3 Å². The van der Waals surface area contributed by atoms with Crippen molar-refractivity contribution in [1.29, 1.82) is 0 Å². The van der Waals surface area contributed by atoms with E-state index in [2.05, 4.69) is 163 Å². The van der Waals surface area contributed by atoms with E-state index in [1.165, 1.54) is 83.1 Å². The number of hydrogen-bond donors (Lipinski definition) is 0. The standard InChI is InChI=1S/C21H25.C11H17.C9H10.2ClH.Zr/c1-20(2,3)16-9-7-14-11-15-8-10-17(21(4,5)6)13-19(15)18(14)12-16;1-8-6-9(2)10(7-8)11(3,4)5;1-3-9-6-4-8(2)5-7-9;;;/h7,9-10,12-13H,11H2,1-6H3;7-8H,1-5H3;4-7H,1-2H3;2*1H;/q2*-1;;;;+2/p-2. The van der Waals surface area contributed by atoms with Crippen LogP contribution in [-0.4, -0.2) is 3.21 Å². The van der Waals surface area contributed by atoms with E-state index in [4.69, 9.17) is 0 Å². The molecule has 0 spiro atoms. The minimum absolute atomic E-state index is 0. The number of rotatable bonds is 1. The number of halogens is 2. The summed E-state index contributed by atoms with van der Waals surface area (Å²) in [4.78, 5) is 0. The summed E-state index contributed by atoms with van der Waals surface area (Å²) >= 11 is 1.51. The smallest absolute Gasteiger partial charge is 1.00 e. The van der Waals surface area contributed by atoms with Gasteiger partial charge in [0.05, 0.1) is 0 Å². The van der Waals surface area contributed by atoms with Crippen LogP contribution in [0.25, 0.3) is 11.1 Å². The van der Waals surface area contributed by atoms with E-state index < -0.39 is 0 Å². The van der Waals surface area contributed by atoms with Crippen molar-refractivity contribution in [3.8, 4) is 11.1 Å². The SMILES string of the molecule is CC(C)(C)c1c[c-]c2c(c1)-c1cc(C(C)(C)C)ccc1C2.CC1=[C-]C(C)C=C1C(C)(C)C.C[C](=[Zr+2])c1ccc(C)cc1.[Cl-].[Cl-]. The summed E-state index contributed by atoms with van der Waals surface area (Å²) in [6, 6.07) is 23.7. The van der Waals surface area contributed by atoms with E-state index in [1.807, 2.05) is 0 Å². The molecule has 3 heteroatoms. The maximum Gasteiger partial charge on any atom is -1.00 e. The molecule has 3 aromatic carbocycles. The zero-order chi connectivity index (χ0) is 31.6. The molecular formula is C41H52Cl2Zr-2. The number of aryl methyl sites for hydroxylation is 1. The quantitative estimate of drug-likeness (QED) is 0.242. The Morgan fingerprint density at radius 2 is 1.30 bits per heavy atom. The van der Waals surface area contributed by atoms with Gasteiger partial charge in [0, 0.05) is 0 Å². The molecule has 0 aliphatic heterocycles. The normalized spacial score (nSPS) is 15.1. The van der Waals surface area contributed by atoms with Gasteiger partial charge in [-0.3, -0.25) is 6.08 Å². The fourth-order valence-corrected chi connectivity index (χ4v) is 5.85. The largest absolute Gasteiger partial charge is 1.00 e. The second-order valence-corrected chi connectivity index (χ2v) is 17.1. The van der Waals surface area contributed by atoms with Gasteiger partial charge in [0.25, 0.3) is 0 Å². The first-order chi connectivity index (χ1) is 19.3. The molecule has 2 aliphatic rings. The maximum absolute atomic E-state index is 3.53. The molecule has 2 aliphatic carbocycles. The summed E-state index contributed by atoms with van der Waals surface area (Å²) in [5.41, 5.74) is 14.6. The molecule has 1 unspecified atom stereocenters. The van der Waals surface area contributed by atoms with Crippen LogP contribution < -0.4 is 24.8 Å². The Morgan fingerprint density at radius 3 is 1.73 bits per heavy atom. The molecule has 0 nitrogen and oxygen atoms in total. The van der Waals surface area contributed by atoms with Crippen molar-refractivity contribution in [2.45, 2.75) is 107 Å². The molecule has 0 saturated carbocycles. The van der Waals surface area contributed by atoms with Gasteiger partial charge in [0.15, 0.2) is 0 Å². The van der Waals surface area contributed by atoms with Gasteiger partial charge in [-0.05, 0) is 17.4 Å². The Kier molecular flexibility index (Phi) is 14.6. The minimum atomic E-state index is 0. The van der Waals surface area contributed by atoms with Crippen LogP contribution in [0.3, 0.4) is 0 Å². The fourth-order valence-electron chi connectivity index (χ4n) is 5.44. The van der Waals surface area contributed by atoms with Crippen LogP contribution in [0.5, 0.6) is 0 Å². The van der Waals surface area contributed by atoms with Gasteiger partial charge in [0.2, 0.25) is 0 Å². The summed E-state index contributed by atoms with van der Waals surface area (Å²) in [6.07, 6.45) is 6.74. The van der Waals surface area contributed by atoms with Crippen molar-refractivity contribution >= 4 is 3.21 Å². The molecular weight excluding hydrogens is 655 g/mol. The second kappa shape index (κ2) is 15.8. The summed E-state index contributed by atoms with van der Waals surface area (Å²) in [6.45, 7) is 29.0. The first-order valence-corrected chi connectivity index (χ1v) is 16.6. The molecule has 44 heavy (non-hydrogen) atoms. The summed E-state index contributed by atoms with van der Waals surface area (Å²) in [5.74, 6) is 0.518. The molecule has 0 radical (unpaired) electrons. The monoisotopic (exact) mass is 704 g/mol. The van der Waals surface area contributed by atoms with Crippen molar-refractivity contribution in [3.63, 3.8) is 0 Å². The van der Waals surface area contributed by atoms with Crippen LogP contribution >= 0.6 is 0 Å². The van der Waals surface area contributed by atoms with E-state index in [0.29, 0.717) is 11.3 Å². The van der Waals surface area contributed by atoms with E-state index in [0.717, 1.165) is 6.42 Å². The topological polar surface area (TPSA) is 0 Å². The van der Waals surface area contributed by atoms with Gasteiger partial charge in [-0.15, -0.1) is 5.56 Å². The Balaban J connectivity index is 0.000000358. The van der Waals surface area contributed by atoms with Gasteiger partial charge in [0.1, 0.15) is 0 Å². The fraction of sp³-hybridized carbons (Fsp3) is 0.439. The van der Waals surface area contributed by atoms with Crippen LogP contribution in [0.2, 0.25) is 0 Å². The zero-order valence-electron chi connectivity index (χ0n) is 29.3. The van der Waals surface area contributed by atoms with Crippen LogP contribution in [0.15, 0.2) is 71.8 Å². The molecule has 0 aromatic heterocycles. The molecule has 0 saturated heterocycles. The number of benzene rings is 3. The number of fused-ring (bicyclic) bond motifs is 3. The third kappa shape index (κ3) is 10.8. The number of hydrogen-bond acceptors (Lipinski definition) is 0. The molecule has 0 amide bonds.